The second-order valence-corrected chi connectivity index (χ2v) is 5.39. The number of anilines is 1. The van der Waals surface area contributed by atoms with E-state index in [1.807, 2.05) is 7.05 Å². The van der Waals surface area contributed by atoms with E-state index < -0.39 is 0 Å². The second kappa shape index (κ2) is 5.21. The van der Waals surface area contributed by atoms with Crippen molar-refractivity contribution in [3.05, 3.63) is 29.8 Å². The largest absolute Gasteiger partial charge is 0.316 e. The molecule has 4 nitrogen and oxygen atoms in total. The molecule has 3 rings (SSSR count). The van der Waals surface area contributed by atoms with Gasteiger partial charge in [0.15, 0.2) is 0 Å². The molecule has 4 heteroatoms. The van der Waals surface area contributed by atoms with Gasteiger partial charge < -0.3 is 5.32 Å². The van der Waals surface area contributed by atoms with Crippen molar-refractivity contribution in [2.75, 3.05) is 31.7 Å². The fraction of sp³-hybridized carbons (Fsp3) is 0.533. The van der Waals surface area contributed by atoms with Gasteiger partial charge in [0.1, 0.15) is 0 Å². The van der Waals surface area contributed by atoms with Gasteiger partial charge in [-0.3, -0.25) is 14.8 Å². The number of hydrogen-bond donors (Lipinski definition) is 1. The van der Waals surface area contributed by atoms with Crippen molar-refractivity contribution < 1.29 is 4.79 Å². The topological polar surface area (TPSA) is 35.6 Å². The van der Waals surface area contributed by atoms with Crippen LogP contribution in [0.5, 0.6) is 0 Å². The summed E-state index contributed by atoms with van der Waals surface area (Å²) in [6.45, 7) is 2.97. The minimum Gasteiger partial charge on any atom is -0.316 e. The minimum atomic E-state index is 0.205. The maximum Gasteiger partial charge on any atom is 0.242 e. The van der Waals surface area contributed by atoms with Crippen LogP contribution in [-0.2, 0) is 4.79 Å². The summed E-state index contributed by atoms with van der Waals surface area (Å²) in [5, 5.41) is 7.35. The molecule has 2 aliphatic rings. The van der Waals surface area contributed by atoms with Crippen molar-refractivity contribution in [2.45, 2.75) is 25.2 Å². The lowest BCUT2D eigenvalue weighted by Gasteiger charge is -2.32. The first-order valence-electron chi connectivity index (χ1n) is 7.11. The summed E-state index contributed by atoms with van der Waals surface area (Å²) in [6, 6.07) is 8.51. The van der Waals surface area contributed by atoms with Gasteiger partial charge in [0.25, 0.3) is 0 Å². The fourth-order valence-corrected chi connectivity index (χ4v) is 3.12. The molecule has 0 bridgehead atoms. The molecule has 0 spiro atoms. The Balaban J connectivity index is 1.90. The van der Waals surface area contributed by atoms with E-state index in [0.29, 0.717) is 12.3 Å². The number of hydrazine groups is 1. The number of piperidine rings is 1. The summed E-state index contributed by atoms with van der Waals surface area (Å²) in [5.74, 6) is 0.769. The van der Waals surface area contributed by atoms with Crippen molar-refractivity contribution in [1.82, 2.24) is 10.3 Å². The van der Waals surface area contributed by atoms with Gasteiger partial charge in [-0.1, -0.05) is 18.2 Å². The van der Waals surface area contributed by atoms with E-state index in [-0.39, 0.29) is 5.91 Å². The van der Waals surface area contributed by atoms with Gasteiger partial charge in [-0.05, 0) is 36.9 Å². The highest BCUT2D eigenvalue weighted by atomic mass is 16.2. The van der Waals surface area contributed by atoms with Crippen LogP contribution in [0.2, 0.25) is 0 Å². The Labute approximate surface area is 114 Å². The quantitative estimate of drug-likeness (QED) is 0.878. The number of nitrogens with zero attached hydrogens (tertiary/aromatic N) is 2. The third kappa shape index (κ3) is 2.32. The highest BCUT2D eigenvalue weighted by Crippen LogP contribution is 2.33. The van der Waals surface area contributed by atoms with E-state index in [0.717, 1.165) is 19.6 Å². The van der Waals surface area contributed by atoms with Crippen LogP contribution >= 0.6 is 0 Å². The molecule has 2 saturated heterocycles. The summed E-state index contributed by atoms with van der Waals surface area (Å²) >= 11 is 0. The predicted octanol–water partition coefficient (Wildman–Crippen LogP) is 1.74. The lowest BCUT2D eigenvalue weighted by molar-refractivity contribution is -0.126. The number of rotatable bonds is 2. The molecule has 1 aromatic carbocycles. The van der Waals surface area contributed by atoms with Gasteiger partial charge >= 0.3 is 0 Å². The number of benzene rings is 1. The predicted molar refractivity (Wildman–Crippen MR) is 76.0 cm³/mol. The average Bonchev–Trinajstić information content (AvgIpc) is 2.80. The van der Waals surface area contributed by atoms with Crippen LogP contribution in [0, 0.1) is 0 Å². The molecule has 1 atom stereocenters. The first-order valence-corrected chi connectivity index (χ1v) is 7.11. The molecule has 0 aliphatic carbocycles. The number of carbonyl (C=O) groups is 1. The average molecular weight is 259 g/mol. The lowest BCUT2D eigenvalue weighted by atomic mass is 9.90. The Hall–Kier alpha value is -1.55. The molecule has 1 aromatic rings. The zero-order chi connectivity index (χ0) is 13.2. The van der Waals surface area contributed by atoms with Gasteiger partial charge in [-0.2, -0.15) is 0 Å². The fourth-order valence-electron chi connectivity index (χ4n) is 3.12. The van der Waals surface area contributed by atoms with Gasteiger partial charge in [0.05, 0.1) is 5.69 Å². The molecular weight excluding hydrogens is 238 g/mol. The van der Waals surface area contributed by atoms with E-state index in [2.05, 4.69) is 34.6 Å². The van der Waals surface area contributed by atoms with Crippen LogP contribution < -0.4 is 10.3 Å². The van der Waals surface area contributed by atoms with Gasteiger partial charge in [-0.25, -0.2) is 0 Å². The summed E-state index contributed by atoms with van der Waals surface area (Å²) < 4.78 is 0. The summed E-state index contributed by atoms with van der Waals surface area (Å²) in [6.07, 6.45) is 3.08. The summed E-state index contributed by atoms with van der Waals surface area (Å²) in [7, 11) is 1.87. The Morgan fingerprint density at radius 2 is 2.16 bits per heavy atom. The normalized spacial score (nSPS) is 24.1. The van der Waals surface area contributed by atoms with Crippen molar-refractivity contribution in [3.63, 3.8) is 0 Å². The van der Waals surface area contributed by atoms with Crippen LogP contribution in [0.4, 0.5) is 5.69 Å². The molecule has 0 radical (unpaired) electrons. The molecular formula is C15H21N3O. The molecule has 0 aromatic heterocycles. The molecule has 2 fully saturated rings. The summed E-state index contributed by atoms with van der Waals surface area (Å²) in [5.41, 5.74) is 2.57. The number of hydrogen-bond acceptors (Lipinski definition) is 3. The van der Waals surface area contributed by atoms with E-state index >= 15 is 0 Å². The molecule has 19 heavy (non-hydrogen) atoms. The van der Waals surface area contributed by atoms with Crippen LogP contribution in [0.15, 0.2) is 24.3 Å². The molecule has 1 unspecified atom stereocenters. The van der Waals surface area contributed by atoms with Gasteiger partial charge in [0, 0.05) is 26.6 Å². The lowest BCUT2D eigenvalue weighted by Crippen LogP contribution is -2.37. The molecule has 102 valence electrons. The van der Waals surface area contributed by atoms with E-state index in [4.69, 9.17) is 0 Å². The maximum atomic E-state index is 11.7. The van der Waals surface area contributed by atoms with Crippen LogP contribution in [0.25, 0.3) is 0 Å². The zero-order valence-corrected chi connectivity index (χ0v) is 11.4. The Morgan fingerprint density at radius 3 is 2.84 bits per heavy atom. The van der Waals surface area contributed by atoms with Gasteiger partial charge in [-0.15, -0.1) is 0 Å². The van der Waals surface area contributed by atoms with E-state index in [1.54, 1.807) is 5.01 Å². The van der Waals surface area contributed by atoms with E-state index in [9.17, 15) is 4.79 Å². The maximum absolute atomic E-state index is 11.7. The van der Waals surface area contributed by atoms with Crippen LogP contribution in [-0.4, -0.2) is 37.6 Å². The number of para-hydroxylation sites is 1. The number of carbonyl (C=O) groups excluding carboxylic acids is 1. The van der Waals surface area contributed by atoms with Crippen molar-refractivity contribution in [2.24, 2.45) is 0 Å². The summed E-state index contributed by atoms with van der Waals surface area (Å²) in [4.78, 5) is 11.7. The molecule has 1 N–H and O–H groups in total. The SMILES string of the molecule is CN1C(=O)CCN1c1ccccc1C1CCCNC1. The Morgan fingerprint density at radius 1 is 1.32 bits per heavy atom. The van der Waals surface area contributed by atoms with Crippen LogP contribution in [0.3, 0.4) is 0 Å². The Kier molecular flexibility index (Phi) is 3.42. The standard InChI is InChI=1S/C15H21N3O/c1-17-15(19)8-10-18(17)14-7-3-2-6-13(14)12-5-4-9-16-11-12/h2-3,6-7,12,16H,4-5,8-11H2,1H3. The third-order valence-electron chi connectivity index (χ3n) is 4.21. The third-order valence-corrected chi connectivity index (χ3v) is 4.21. The van der Waals surface area contributed by atoms with E-state index in [1.165, 1.54) is 24.1 Å². The molecule has 0 saturated carbocycles. The first-order chi connectivity index (χ1) is 9.27. The van der Waals surface area contributed by atoms with Crippen molar-refractivity contribution in [3.8, 4) is 0 Å². The Bertz CT molecular complexity index is 468. The first kappa shape index (κ1) is 12.5. The van der Waals surface area contributed by atoms with Crippen LogP contribution in [0.1, 0.15) is 30.7 Å². The number of nitrogens with one attached hydrogen (secondary N) is 1. The highest BCUT2D eigenvalue weighted by molar-refractivity contribution is 5.82. The molecule has 1 amide bonds. The van der Waals surface area contributed by atoms with Gasteiger partial charge in [0.2, 0.25) is 5.91 Å². The van der Waals surface area contributed by atoms with Crippen molar-refractivity contribution in [1.29, 1.82) is 0 Å². The minimum absolute atomic E-state index is 0.205. The smallest absolute Gasteiger partial charge is 0.242 e. The monoisotopic (exact) mass is 259 g/mol. The number of amides is 1. The zero-order valence-electron chi connectivity index (χ0n) is 11.4. The second-order valence-electron chi connectivity index (χ2n) is 5.39. The molecule has 2 aliphatic heterocycles. The molecule has 2 heterocycles. The van der Waals surface area contributed by atoms with Crippen molar-refractivity contribution >= 4 is 11.6 Å². The highest BCUT2D eigenvalue weighted by Gasteiger charge is 2.29.